The van der Waals surface area contributed by atoms with E-state index in [-0.39, 0.29) is 5.75 Å². The average Bonchev–Trinajstić information content (AvgIpc) is 2.90. The van der Waals surface area contributed by atoms with Crippen molar-refractivity contribution in [2.75, 3.05) is 0 Å². The molecule has 0 saturated heterocycles. The highest BCUT2D eigenvalue weighted by Gasteiger charge is 2.06. The minimum atomic E-state index is 0.187. The molecule has 0 aliphatic rings. The Kier molecular flexibility index (Phi) is 3.31. The lowest BCUT2D eigenvalue weighted by atomic mass is 10.3. The molecule has 4 nitrogen and oxygen atoms in total. The Morgan fingerprint density at radius 1 is 1.10 bits per heavy atom. The number of rotatable bonds is 3. The van der Waals surface area contributed by atoms with Crippen molar-refractivity contribution in [3.05, 3.63) is 65.9 Å². The summed E-state index contributed by atoms with van der Waals surface area (Å²) in [5.74, 6) is 1.33. The highest BCUT2D eigenvalue weighted by Crippen LogP contribution is 2.29. The molecule has 0 atom stereocenters. The van der Waals surface area contributed by atoms with Crippen molar-refractivity contribution in [3.8, 4) is 22.9 Å². The zero-order chi connectivity index (χ0) is 13.9. The van der Waals surface area contributed by atoms with Gasteiger partial charge in [0.25, 0.3) is 0 Å². The molecule has 0 radical (unpaired) electrons. The maximum Gasteiger partial charge on any atom is 0.165 e. The van der Waals surface area contributed by atoms with Crippen LogP contribution in [0.25, 0.3) is 5.69 Å². The lowest BCUT2D eigenvalue weighted by Gasteiger charge is -2.04. The molecule has 2 aromatic carbocycles. The van der Waals surface area contributed by atoms with Crippen molar-refractivity contribution in [1.29, 1.82) is 0 Å². The van der Waals surface area contributed by atoms with Crippen molar-refractivity contribution in [3.63, 3.8) is 0 Å². The fourth-order valence-electron chi connectivity index (χ4n) is 1.79. The largest absolute Gasteiger partial charge is 0.508 e. The monoisotopic (exact) mass is 286 g/mol. The number of ether oxygens (including phenoxy) is 1. The van der Waals surface area contributed by atoms with Crippen LogP contribution in [0.5, 0.6) is 17.2 Å². The SMILES string of the molecule is Oc1cccc(-n2cc(Oc3ccccc3Cl)cn2)c1. The van der Waals surface area contributed by atoms with Crippen LogP contribution < -0.4 is 4.74 Å². The molecule has 0 fully saturated rings. The van der Waals surface area contributed by atoms with Gasteiger partial charge >= 0.3 is 0 Å². The maximum absolute atomic E-state index is 9.46. The molecule has 20 heavy (non-hydrogen) atoms. The molecule has 3 rings (SSSR count). The van der Waals surface area contributed by atoms with Crippen molar-refractivity contribution in [2.24, 2.45) is 0 Å². The summed E-state index contributed by atoms with van der Waals surface area (Å²) in [6.07, 6.45) is 3.31. The maximum atomic E-state index is 9.46. The van der Waals surface area contributed by atoms with E-state index in [1.807, 2.05) is 18.2 Å². The molecule has 100 valence electrons. The zero-order valence-electron chi connectivity index (χ0n) is 10.4. The summed E-state index contributed by atoms with van der Waals surface area (Å²) in [5.41, 5.74) is 0.749. The first-order valence-corrected chi connectivity index (χ1v) is 6.36. The van der Waals surface area contributed by atoms with Gasteiger partial charge in [0.05, 0.1) is 23.1 Å². The molecule has 0 amide bonds. The van der Waals surface area contributed by atoms with Crippen LogP contribution in [0.2, 0.25) is 5.02 Å². The van der Waals surface area contributed by atoms with Crippen molar-refractivity contribution < 1.29 is 9.84 Å². The fourth-order valence-corrected chi connectivity index (χ4v) is 1.96. The second kappa shape index (κ2) is 5.27. The summed E-state index contributed by atoms with van der Waals surface area (Å²) < 4.78 is 7.28. The average molecular weight is 287 g/mol. The van der Waals surface area contributed by atoms with Crippen LogP contribution in [0, 0.1) is 0 Å². The van der Waals surface area contributed by atoms with Gasteiger partial charge in [0.1, 0.15) is 11.5 Å². The molecule has 1 N–H and O–H groups in total. The number of aromatic nitrogens is 2. The number of phenolic OH excluding ortho intramolecular Hbond substituents is 1. The minimum absolute atomic E-state index is 0.187. The van der Waals surface area contributed by atoms with E-state index in [0.29, 0.717) is 16.5 Å². The van der Waals surface area contributed by atoms with E-state index in [1.165, 1.54) is 0 Å². The number of hydrogen-bond donors (Lipinski definition) is 1. The molecule has 0 spiro atoms. The van der Waals surface area contributed by atoms with Crippen LogP contribution >= 0.6 is 11.6 Å². The standard InChI is InChI=1S/C15H11ClN2O2/c16-14-6-1-2-7-15(14)20-13-9-17-18(10-13)11-4-3-5-12(19)8-11/h1-10,19H. The molecule has 1 aromatic heterocycles. The van der Waals surface area contributed by atoms with Gasteiger partial charge < -0.3 is 9.84 Å². The first-order chi connectivity index (χ1) is 9.72. The van der Waals surface area contributed by atoms with Gasteiger partial charge in [-0.3, -0.25) is 0 Å². The third-order valence-electron chi connectivity index (χ3n) is 2.72. The Labute approximate surface area is 120 Å². The second-order valence-corrected chi connectivity index (χ2v) is 4.58. The summed E-state index contributed by atoms with van der Waals surface area (Å²) in [6, 6.07) is 14.0. The quantitative estimate of drug-likeness (QED) is 0.791. The third-order valence-corrected chi connectivity index (χ3v) is 3.03. The lowest BCUT2D eigenvalue weighted by Crippen LogP contribution is -1.92. The van der Waals surface area contributed by atoms with Crippen LogP contribution in [-0.4, -0.2) is 14.9 Å². The van der Waals surface area contributed by atoms with Gasteiger partial charge in [0, 0.05) is 6.07 Å². The highest BCUT2D eigenvalue weighted by molar-refractivity contribution is 6.32. The molecule has 0 bridgehead atoms. The first kappa shape index (κ1) is 12.6. The van der Waals surface area contributed by atoms with E-state index in [2.05, 4.69) is 5.10 Å². The number of para-hydroxylation sites is 1. The van der Waals surface area contributed by atoms with E-state index in [1.54, 1.807) is 47.4 Å². The minimum Gasteiger partial charge on any atom is -0.508 e. The van der Waals surface area contributed by atoms with Gasteiger partial charge in [-0.1, -0.05) is 29.8 Å². The molecule has 5 heteroatoms. The molecule has 0 unspecified atom stereocenters. The van der Waals surface area contributed by atoms with E-state index in [9.17, 15) is 5.11 Å². The fraction of sp³-hybridized carbons (Fsp3) is 0. The predicted octanol–water partition coefficient (Wildman–Crippen LogP) is 4.02. The molecule has 3 aromatic rings. The van der Waals surface area contributed by atoms with Crippen LogP contribution in [0.15, 0.2) is 60.9 Å². The summed E-state index contributed by atoms with van der Waals surface area (Å²) >= 11 is 6.03. The summed E-state index contributed by atoms with van der Waals surface area (Å²) in [6.45, 7) is 0. The van der Waals surface area contributed by atoms with Crippen LogP contribution in [0.3, 0.4) is 0 Å². The van der Waals surface area contributed by atoms with Crippen molar-refractivity contribution in [1.82, 2.24) is 9.78 Å². The number of hydrogen-bond acceptors (Lipinski definition) is 3. The van der Waals surface area contributed by atoms with Gasteiger partial charge in [-0.15, -0.1) is 0 Å². The summed E-state index contributed by atoms with van der Waals surface area (Å²) in [5, 5.41) is 14.2. The smallest absolute Gasteiger partial charge is 0.165 e. The second-order valence-electron chi connectivity index (χ2n) is 4.17. The molecule has 0 aliphatic carbocycles. The number of benzene rings is 2. The topological polar surface area (TPSA) is 47.3 Å². The van der Waals surface area contributed by atoms with Crippen LogP contribution in [0.4, 0.5) is 0 Å². The van der Waals surface area contributed by atoms with Crippen LogP contribution in [-0.2, 0) is 0 Å². The van der Waals surface area contributed by atoms with E-state index >= 15 is 0 Å². The Morgan fingerprint density at radius 2 is 1.95 bits per heavy atom. The lowest BCUT2D eigenvalue weighted by molar-refractivity contribution is 0.474. The molecule has 0 aliphatic heterocycles. The molecule has 1 heterocycles. The first-order valence-electron chi connectivity index (χ1n) is 5.99. The summed E-state index contributed by atoms with van der Waals surface area (Å²) in [7, 11) is 0. The van der Waals surface area contributed by atoms with Gasteiger partial charge in [-0.25, -0.2) is 4.68 Å². The number of halogens is 1. The predicted molar refractivity (Wildman–Crippen MR) is 76.8 cm³/mol. The Bertz CT molecular complexity index is 740. The Morgan fingerprint density at radius 3 is 2.75 bits per heavy atom. The van der Waals surface area contributed by atoms with E-state index < -0.39 is 0 Å². The molecular formula is C15H11ClN2O2. The van der Waals surface area contributed by atoms with Gasteiger partial charge in [-0.05, 0) is 24.3 Å². The number of aromatic hydroxyl groups is 1. The zero-order valence-corrected chi connectivity index (χ0v) is 11.2. The molecular weight excluding hydrogens is 276 g/mol. The van der Waals surface area contributed by atoms with Gasteiger partial charge in [0.2, 0.25) is 0 Å². The van der Waals surface area contributed by atoms with Crippen molar-refractivity contribution in [2.45, 2.75) is 0 Å². The van der Waals surface area contributed by atoms with Gasteiger partial charge in [-0.2, -0.15) is 5.10 Å². The Balaban J connectivity index is 1.86. The summed E-state index contributed by atoms with van der Waals surface area (Å²) in [4.78, 5) is 0. The van der Waals surface area contributed by atoms with E-state index in [4.69, 9.17) is 16.3 Å². The normalized spacial score (nSPS) is 10.4. The third kappa shape index (κ3) is 2.60. The Hall–Kier alpha value is -2.46. The highest BCUT2D eigenvalue weighted by atomic mass is 35.5. The van der Waals surface area contributed by atoms with Crippen molar-refractivity contribution >= 4 is 11.6 Å². The van der Waals surface area contributed by atoms with Crippen LogP contribution in [0.1, 0.15) is 0 Å². The van der Waals surface area contributed by atoms with Gasteiger partial charge in [0.15, 0.2) is 5.75 Å². The number of nitrogens with zero attached hydrogens (tertiary/aromatic N) is 2. The number of phenols is 1. The molecule has 0 saturated carbocycles. The van der Waals surface area contributed by atoms with E-state index in [0.717, 1.165) is 5.69 Å².